The summed E-state index contributed by atoms with van der Waals surface area (Å²) in [5.41, 5.74) is 2.26. The number of thioether (sulfide) groups is 1. The quantitative estimate of drug-likeness (QED) is 0.819. The smallest absolute Gasteiger partial charge is 0.258 e. The van der Waals surface area contributed by atoms with Gasteiger partial charge in [-0.3, -0.25) is 14.5 Å². The van der Waals surface area contributed by atoms with Crippen molar-refractivity contribution in [2.75, 3.05) is 55.4 Å². The summed E-state index contributed by atoms with van der Waals surface area (Å²) in [4.78, 5) is 30.5. The zero-order chi connectivity index (χ0) is 20.1. The Labute approximate surface area is 175 Å². The highest BCUT2D eigenvalue weighted by Gasteiger charge is 2.24. The van der Waals surface area contributed by atoms with E-state index in [1.54, 1.807) is 11.8 Å². The van der Waals surface area contributed by atoms with Crippen LogP contribution in [0.25, 0.3) is 0 Å². The van der Waals surface area contributed by atoms with Gasteiger partial charge in [0.1, 0.15) is 0 Å². The van der Waals surface area contributed by atoms with E-state index in [4.69, 9.17) is 4.74 Å². The number of benzene rings is 2. The fourth-order valence-electron chi connectivity index (χ4n) is 3.55. The monoisotopic (exact) mass is 411 g/mol. The third-order valence-corrected chi connectivity index (χ3v) is 6.17. The SMILES string of the molecule is O=C(CCN1CCOCC1)Nc1ccc2c(c1)N(C(=O)c1ccccc1)CCS2. The van der Waals surface area contributed by atoms with Crippen LogP contribution >= 0.6 is 11.8 Å². The fraction of sp³-hybridized carbons (Fsp3) is 0.364. The van der Waals surface area contributed by atoms with Crippen molar-refractivity contribution in [1.29, 1.82) is 0 Å². The van der Waals surface area contributed by atoms with Crippen molar-refractivity contribution in [2.24, 2.45) is 0 Å². The standard InChI is InChI=1S/C22H25N3O3S/c26-21(8-9-24-10-13-28-14-11-24)23-18-6-7-20-19(16-18)25(12-15-29-20)22(27)17-4-2-1-3-5-17/h1-7,16H,8-15H2,(H,23,26). The van der Waals surface area contributed by atoms with Gasteiger partial charge in [-0.05, 0) is 30.3 Å². The lowest BCUT2D eigenvalue weighted by Crippen LogP contribution is -2.38. The Morgan fingerprint density at radius 2 is 1.83 bits per heavy atom. The lowest BCUT2D eigenvalue weighted by atomic mass is 10.1. The molecule has 4 rings (SSSR count). The van der Waals surface area contributed by atoms with E-state index < -0.39 is 0 Å². The molecular weight excluding hydrogens is 386 g/mol. The molecule has 1 fully saturated rings. The number of hydrogen-bond acceptors (Lipinski definition) is 5. The molecule has 0 spiro atoms. The molecule has 6 nitrogen and oxygen atoms in total. The Hall–Kier alpha value is -2.35. The summed E-state index contributed by atoms with van der Waals surface area (Å²) in [5, 5.41) is 2.99. The van der Waals surface area contributed by atoms with E-state index in [1.807, 2.05) is 53.4 Å². The van der Waals surface area contributed by atoms with Gasteiger partial charge in [0.25, 0.3) is 5.91 Å². The number of nitrogens with one attached hydrogen (secondary N) is 1. The predicted molar refractivity (Wildman–Crippen MR) is 116 cm³/mol. The first kappa shape index (κ1) is 19.9. The van der Waals surface area contributed by atoms with Gasteiger partial charge in [-0.15, -0.1) is 11.8 Å². The molecule has 0 atom stereocenters. The molecule has 29 heavy (non-hydrogen) atoms. The van der Waals surface area contributed by atoms with Gasteiger partial charge in [0.15, 0.2) is 0 Å². The molecule has 0 saturated carbocycles. The molecule has 152 valence electrons. The predicted octanol–water partition coefficient (Wildman–Crippen LogP) is 3.10. The van der Waals surface area contributed by atoms with Gasteiger partial charge in [0, 0.05) is 54.5 Å². The Bertz CT molecular complexity index is 869. The second-order valence-electron chi connectivity index (χ2n) is 7.11. The fourth-order valence-corrected chi connectivity index (χ4v) is 4.53. The van der Waals surface area contributed by atoms with Crippen molar-refractivity contribution in [3.63, 3.8) is 0 Å². The van der Waals surface area contributed by atoms with E-state index in [2.05, 4.69) is 10.2 Å². The zero-order valence-corrected chi connectivity index (χ0v) is 17.1. The van der Waals surface area contributed by atoms with Gasteiger partial charge in [0.05, 0.1) is 18.9 Å². The molecule has 2 amide bonds. The summed E-state index contributed by atoms with van der Waals surface area (Å²) in [7, 11) is 0. The second kappa shape index (κ2) is 9.43. The minimum atomic E-state index is -0.0131. The van der Waals surface area contributed by atoms with E-state index in [0.717, 1.165) is 54.9 Å². The van der Waals surface area contributed by atoms with Crippen LogP contribution in [0.1, 0.15) is 16.8 Å². The van der Waals surface area contributed by atoms with Gasteiger partial charge in [0.2, 0.25) is 5.91 Å². The topological polar surface area (TPSA) is 61.9 Å². The summed E-state index contributed by atoms with van der Waals surface area (Å²) in [6, 6.07) is 15.1. The lowest BCUT2D eigenvalue weighted by Gasteiger charge is -2.29. The molecule has 2 aliphatic rings. The summed E-state index contributed by atoms with van der Waals surface area (Å²) in [6.45, 7) is 4.60. The maximum Gasteiger partial charge on any atom is 0.258 e. The average molecular weight is 412 g/mol. The molecule has 1 saturated heterocycles. The van der Waals surface area contributed by atoms with E-state index in [0.29, 0.717) is 18.5 Å². The number of carbonyl (C=O) groups is 2. The van der Waals surface area contributed by atoms with Crippen LogP contribution < -0.4 is 10.2 Å². The van der Waals surface area contributed by atoms with E-state index >= 15 is 0 Å². The number of morpholine rings is 1. The molecular formula is C22H25N3O3S. The molecule has 2 aromatic carbocycles. The first-order chi connectivity index (χ1) is 14.2. The highest BCUT2D eigenvalue weighted by molar-refractivity contribution is 7.99. The second-order valence-corrected chi connectivity index (χ2v) is 8.24. The molecule has 0 unspecified atom stereocenters. The summed E-state index contributed by atoms with van der Waals surface area (Å²) < 4.78 is 5.34. The number of anilines is 2. The Morgan fingerprint density at radius 1 is 1.03 bits per heavy atom. The van der Waals surface area contributed by atoms with Gasteiger partial charge in [-0.25, -0.2) is 0 Å². The maximum absolute atomic E-state index is 13.0. The van der Waals surface area contributed by atoms with Crippen molar-refractivity contribution in [1.82, 2.24) is 4.90 Å². The van der Waals surface area contributed by atoms with Crippen LogP contribution in [-0.2, 0) is 9.53 Å². The van der Waals surface area contributed by atoms with Crippen LogP contribution in [0.3, 0.4) is 0 Å². The summed E-state index contributed by atoms with van der Waals surface area (Å²) >= 11 is 1.74. The van der Waals surface area contributed by atoms with Gasteiger partial charge < -0.3 is 15.0 Å². The molecule has 0 bridgehead atoms. The Morgan fingerprint density at radius 3 is 2.62 bits per heavy atom. The highest BCUT2D eigenvalue weighted by atomic mass is 32.2. The normalized spacial score (nSPS) is 16.9. The lowest BCUT2D eigenvalue weighted by molar-refractivity contribution is -0.116. The van der Waals surface area contributed by atoms with Crippen molar-refractivity contribution in [3.05, 3.63) is 54.1 Å². The molecule has 2 aliphatic heterocycles. The molecule has 0 aliphatic carbocycles. The van der Waals surface area contributed by atoms with Crippen molar-refractivity contribution in [2.45, 2.75) is 11.3 Å². The minimum Gasteiger partial charge on any atom is -0.379 e. The molecule has 1 N–H and O–H groups in total. The zero-order valence-electron chi connectivity index (χ0n) is 16.3. The van der Waals surface area contributed by atoms with Crippen molar-refractivity contribution < 1.29 is 14.3 Å². The number of carbonyl (C=O) groups excluding carboxylic acids is 2. The third kappa shape index (κ3) is 4.98. The van der Waals surface area contributed by atoms with Crippen LogP contribution in [0.5, 0.6) is 0 Å². The Kier molecular flexibility index (Phi) is 6.49. The first-order valence-electron chi connectivity index (χ1n) is 9.94. The number of nitrogens with zero attached hydrogens (tertiary/aromatic N) is 2. The Balaban J connectivity index is 1.43. The summed E-state index contributed by atoms with van der Waals surface area (Å²) in [6.07, 6.45) is 0.443. The number of ether oxygens (including phenoxy) is 1. The van der Waals surface area contributed by atoms with Gasteiger partial charge in [-0.2, -0.15) is 0 Å². The van der Waals surface area contributed by atoms with Crippen LogP contribution in [0.2, 0.25) is 0 Å². The number of fused-ring (bicyclic) bond motifs is 1. The van der Waals surface area contributed by atoms with Crippen LogP contribution in [0.15, 0.2) is 53.4 Å². The molecule has 2 heterocycles. The number of rotatable bonds is 5. The minimum absolute atomic E-state index is 0.0112. The average Bonchev–Trinajstić information content (AvgIpc) is 2.78. The van der Waals surface area contributed by atoms with Crippen molar-refractivity contribution >= 4 is 35.0 Å². The molecule has 2 aromatic rings. The van der Waals surface area contributed by atoms with Crippen LogP contribution in [0, 0.1) is 0 Å². The molecule has 0 aromatic heterocycles. The van der Waals surface area contributed by atoms with Crippen LogP contribution in [0.4, 0.5) is 11.4 Å². The maximum atomic E-state index is 13.0. The van der Waals surface area contributed by atoms with Gasteiger partial charge in [-0.1, -0.05) is 18.2 Å². The number of amides is 2. The van der Waals surface area contributed by atoms with E-state index in [1.165, 1.54) is 0 Å². The molecule has 0 radical (unpaired) electrons. The van der Waals surface area contributed by atoms with E-state index in [-0.39, 0.29) is 11.8 Å². The third-order valence-electron chi connectivity index (χ3n) is 5.13. The molecule has 7 heteroatoms. The van der Waals surface area contributed by atoms with Crippen molar-refractivity contribution in [3.8, 4) is 0 Å². The number of hydrogen-bond donors (Lipinski definition) is 1. The van der Waals surface area contributed by atoms with Gasteiger partial charge >= 0.3 is 0 Å². The van der Waals surface area contributed by atoms with Crippen LogP contribution in [-0.4, -0.2) is 61.9 Å². The van der Waals surface area contributed by atoms with E-state index in [9.17, 15) is 9.59 Å². The highest BCUT2D eigenvalue weighted by Crippen LogP contribution is 2.37. The largest absolute Gasteiger partial charge is 0.379 e. The first-order valence-corrected chi connectivity index (χ1v) is 10.9. The summed E-state index contributed by atoms with van der Waals surface area (Å²) in [5.74, 6) is 0.834.